The number of hydrogen-bond acceptors (Lipinski definition) is 5. The standard InChI is InChI=1S/C10H8BrCl2N5/c11-7-9(15-4-16-10(7)18-14)17-8-5(12)2-1-3-6(8)13/h1-4H,14H2,(H2,15,16,17,18). The number of benzene rings is 1. The van der Waals surface area contributed by atoms with Crippen LogP contribution in [0.5, 0.6) is 0 Å². The molecule has 0 unspecified atom stereocenters. The van der Waals surface area contributed by atoms with Crippen molar-refractivity contribution < 1.29 is 0 Å². The Hall–Kier alpha value is -1.08. The third-order valence-corrected chi connectivity index (χ3v) is 3.51. The summed E-state index contributed by atoms with van der Waals surface area (Å²) in [7, 11) is 0. The van der Waals surface area contributed by atoms with Gasteiger partial charge in [-0.2, -0.15) is 0 Å². The van der Waals surface area contributed by atoms with Crippen LogP contribution in [0.2, 0.25) is 10.0 Å². The van der Waals surface area contributed by atoms with E-state index in [4.69, 9.17) is 29.0 Å². The second kappa shape index (κ2) is 5.71. The summed E-state index contributed by atoms with van der Waals surface area (Å²) in [5.41, 5.74) is 3.02. The molecular weight excluding hydrogens is 341 g/mol. The summed E-state index contributed by atoms with van der Waals surface area (Å²) in [6, 6.07) is 5.22. The van der Waals surface area contributed by atoms with E-state index >= 15 is 0 Å². The van der Waals surface area contributed by atoms with Crippen LogP contribution in [-0.2, 0) is 0 Å². The maximum absolute atomic E-state index is 6.06. The number of nitrogens with zero attached hydrogens (tertiary/aromatic N) is 2. The number of nitrogens with one attached hydrogen (secondary N) is 2. The fraction of sp³-hybridized carbons (Fsp3) is 0. The van der Waals surface area contributed by atoms with Gasteiger partial charge >= 0.3 is 0 Å². The van der Waals surface area contributed by atoms with Crippen LogP contribution in [0.4, 0.5) is 17.3 Å². The van der Waals surface area contributed by atoms with Gasteiger partial charge in [0, 0.05) is 0 Å². The second-order valence-corrected chi connectivity index (χ2v) is 4.86. The molecule has 0 aliphatic heterocycles. The maximum Gasteiger partial charge on any atom is 0.159 e. The van der Waals surface area contributed by atoms with Crippen LogP contribution < -0.4 is 16.6 Å². The molecule has 0 saturated heterocycles. The minimum absolute atomic E-state index is 0.454. The second-order valence-electron chi connectivity index (χ2n) is 3.25. The minimum atomic E-state index is 0.454. The lowest BCUT2D eigenvalue weighted by Crippen LogP contribution is -2.10. The van der Waals surface area contributed by atoms with Crippen LogP contribution in [0, 0.1) is 0 Å². The zero-order valence-corrected chi connectivity index (χ0v) is 12.0. The van der Waals surface area contributed by atoms with Crippen molar-refractivity contribution in [3.05, 3.63) is 39.0 Å². The normalized spacial score (nSPS) is 10.2. The number of anilines is 3. The molecule has 0 aliphatic rings. The van der Waals surface area contributed by atoms with Gasteiger partial charge in [-0.25, -0.2) is 15.8 Å². The van der Waals surface area contributed by atoms with E-state index < -0.39 is 0 Å². The molecule has 0 bridgehead atoms. The van der Waals surface area contributed by atoms with E-state index in [1.54, 1.807) is 18.2 Å². The summed E-state index contributed by atoms with van der Waals surface area (Å²) >= 11 is 15.5. The van der Waals surface area contributed by atoms with Gasteiger partial charge in [0.15, 0.2) is 5.82 Å². The Morgan fingerprint density at radius 1 is 1.11 bits per heavy atom. The average Bonchev–Trinajstić information content (AvgIpc) is 2.36. The van der Waals surface area contributed by atoms with E-state index in [0.29, 0.717) is 31.8 Å². The predicted molar refractivity (Wildman–Crippen MR) is 77.3 cm³/mol. The van der Waals surface area contributed by atoms with Gasteiger partial charge in [-0.3, -0.25) is 0 Å². The molecule has 2 aromatic rings. The molecule has 0 spiro atoms. The number of nitrogen functional groups attached to an aromatic ring is 1. The Kier molecular flexibility index (Phi) is 4.23. The van der Waals surface area contributed by atoms with Gasteiger partial charge in [0.25, 0.3) is 0 Å². The Balaban J connectivity index is 2.40. The van der Waals surface area contributed by atoms with Crippen LogP contribution in [0.1, 0.15) is 0 Å². The van der Waals surface area contributed by atoms with Crippen LogP contribution in [0.3, 0.4) is 0 Å². The molecule has 1 aromatic carbocycles. The summed E-state index contributed by atoms with van der Waals surface area (Å²) in [5.74, 6) is 6.28. The smallest absolute Gasteiger partial charge is 0.159 e. The molecule has 1 heterocycles. The fourth-order valence-electron chi connectivity index (χ4n) is 1.29. The molecule has 0 amide bonds. The topological polar surface area (TPSA) is 75.9 Å². The molecular formula is C10H8BrCl2N5. The van der Waals surface area contributed by atoms with Crippen molar-refractivity contribution >= 4 is 56.5 Å². The highest BCUT2D eigenvalue weighted by molar-refractivity contribution is 9.10. The molecule has 8 heteroatoms. The van der Waals surface area contributed by atoms with Gasteiger partial charge in [0.1, 0.15) is 16.6 Å². The molecule has 94 valence electrons. The number of nitrogens with two attached hydrogens (primary N) is 1. The first kappa shape index (κ1) is 13.4. The van der Waals surface area contributed by atoms with Gasteiger partial charge in [-0.05, 0) is 28.1 Å². The van der Waals surface area contributed by atoms with Crippen molar-refractivity contribution in [2.75, 3.05) is 10.7 Å². The number of aromatic nitrogens is 2. The lowest BCUT2D eigenvalue weighted by molar-refractivity contribution is 1.12. The monoisotopic (exact) mass is 347 g/mol. The van der Waals surface area contributed by atoms with E-state index in [1.807, 2.05) is 0 Å². The third kappa shape index (κ3) is 2.67. The molecule has 1 aromatic heterocycles. The number of hydrogen-bond donors (Lipinski definition) is 3. The number of para-hydroxylation sites is 1. The fourth-order valence-corrected chi connectivity index (χ4v) is 2.20. The van der Waals surface area contributed by atoms with E-state index in [0.717, 1.165) is 0 Å². The van der Waals surface area contributed by atoms with Crippen LogP contribution in [0.15, 0.2) is 29.0 Å². The Labute approximate surface area is 122 Å². The predicted octanol–water partition coefficient (Wildman–Crippen LogP) is 3.58. The van der Waals surface area contributed by atoms with Crippen molar-refractivity contribution in [3.63, 3.8) is 0 Å². The lowest BCUT2D eigenvalue weighted by atomic mass is 10.3. The summed E-state index contributed by atoms with van der Waals surface area (Å²) in [4.78, 5) is 8.03. The van der Waals surface area contributed by atoms with Crippen molar-refractivity contribution in [2.24, 2.45) is 5.84 Å². The van der Waals surface area contributed by atoms with E-state index in [1.165, 1.54) is 6.33 Å². The Morgan fingerprint density at radius 2 is 1.72 bits per heavy atom. The number of halogens is 3. The van der Waals surface area contributed by atoms with Gasteiger partial charge < -0.3 is 10.7 Å². The summed E-state index contributed by atoms with van der Waals surface area (Å²) in [6.45, 7) is 0. The van der Waals surface area contributed by atoms with Crippen molar-refractivity contribution in [1.82, 2.24) is 9.97 Å². The summed E-state index contributed by atoms with van der Waals surface area (Å²) < 4.78 is 0.587. The largest absolute Gasteiger partial charge is 0.337 e. The quantitative estimate of drug-likeness (QED) is 0.584. The van der Waals surface area contributed by atoms with Gasteiger partial charge in [0.05, 0.1) is 15.7 Å². The molecule has 5 nitrogen and oxygen atoms in total. The van der Waals surface area contributed by atoms with E-state index in [9.17, 15) is 0 Å². The zero-order chi connectivity index (χ0) is 13.1. The van der Waals surface area contributed by atoms with Gasteiger partial charge in [0.2, 0.25) is 0 Å². The van der Waals surface area contributed by atoms with Crippen LogP contribution >= 0.6 is 39.1 Å². The Morgan fingerprint density at radius 3 is 2.33 bits per heavy atom. The van der Waals surface area contributed by atoms with Crippen molar-refractivity contribution in [3.8, 4) is 0 Å². The highest BCUT2D eigenvalue weighted by atomic mass is 79.9. The first-order valence-corrected chi connectivity index (χ1v) is 6.36. The Bertz CT molecular complexity index is 558. The molecule has 0 aliphatic carbocycles. The lowest BCUT2D eigenvalue weighted by Gasteiger charge is -2.12. The van der Waals surface area contributed by atoms with Crippen LogP contribution in [0.25, 0.3) is 0 Å². The molecule has 2 rings (SSSR count). The zero-order valence-electron chi connectivity index (χ0n) is 8.92. The highest BCUT2D eigenvalue weighted by Crippen LogP contribution is 2.35. The number of rotatable bonds is 3. The van der Waals surface area contributed by atoms with E-state index in [-0.39, 0.29) is 0 Å². The molecule has 0 atom stereocenters. The average molecular weight is 349 g/mol. The highest BCUT2D eigenvalue weighted by Gasteiger charge is 2.11. The summed E-state index contributed by atoms with van der Waals surface area (Å²) in [5, 5.41) is 4.02. The minimum Gasteiger partial charge on any atom is -0.337 e. The van der Waals surface area contributed by atoms with Crippen molar-refractivity contribution in [1.29, 1.82) is 0 Å². The van der Waals surface area contributed by atoms with Crippen molar-refractivity contribution in [2.45, 2.75) is 0 Å². The first-order valence-electron chi connectivity index (χ1n) is 4.81. The molecule has 0 radical (unpaired) electrons. The third-order valence-electron chi connectivity index (χ3n) is 2.13. The van der Waals surface area contributed by atoms with Gasteiger partial charge in [-0.1, -0.05) is 29.3 Å². The van der Waals surface area contributed by atoms with Crippen LogP contribution in [-0.4, -0.2) is 9.97 Å². The first-order chi connectivity index (χ1) is 8.63. The molecule has 18 heavy (non-hydrogen) atoms. The number of hydrazine groups is 1. The summed E-state index contributed by atoms with van der Waals surface area (Å²) in [6.07, 6.45) is 1.37. The molecule has 0 fully saturated rings. The maximum atomic E-state index is 6.06. The SMILES string of the molecule is NNc1ncnc(Nc2c(Cl)cccc2Cl)c1Br. The molecule has 4 N–H and O–H groups in total. The molecule has 0 saturated carbocycles. The van der Waals surface area contributed by atoms with Gasteiger partial charge in [-0.15, -0.1) is 0 Å². The van der Waals surface area contributed by atoms with E-state index in [2.05, 4.69) is 36.6 Å².